The van der Waals surface area contributed by atoms with E-state index < -0.39 is 6.10 Å². The molecule has 0 amide bonds. The number of nitrogens with one attached hydrogen (secondary N) is 1. The van der Waals surface area contributed by atoms with E-state index in [0.29, 0.717) is 5.92 Å². The van der Waals surface area contributed by atoms with Crippen molar-refractivity contribution in [1.29, 1.82) is 5.26 Å². The van der Waals surface area contributed by atoms with Gasteiger partial charge in [-0.05, 0) is 49.9 Å². The van der Waals surface area contributed by atoms with Crippen LogP contribution in [0.25, 0.3) is 0 Å². The minimum atomic E-state index is -0.415. The molecule has 19 heavy (non-hydrogen) atoms. The molecule has 0 aliphatic heterocycles. The van der Waals surface area contributed by atoms with Crippen molar-refractivity contribution in [3.8, 4) is 11.8 Å². The van der Waals surface area contributed by atoms with Crippen LogP contribution in [0, 0.1) is 31.1 Å². The Morgan fingerprint density at radius 2 is 1.79 bits per heavy atom. The zero-order valence-electron chi connectivity index (χ0n) is 12.6. The lowest BCUT2D eigenvalue weighted by molar-refractivity contribution is 0.272. The van der Waals surface area contributed by atoms with Crippen molar-refractivity contribution >= 4 is 0 Å². The molecule has 1 N–H and O–H groups in total. The fourth-order valence-corrected chi connectivity index (χ4v) is 2.04. The van der Waals surface area contributed by atoms with E-state index in [-0.39, 0.29) is 0 Å². The quantitative estimate of drug-likeness (QED) is 0.853. The van der Waals surface area contributed by atoms with Crippen LogP contribution in [0.3, 0.4) is 0 Å². The molecule has 0 fully saturated rings. The highest BCUT2D eigenvalue weighted by Gasteiger charge is 2.09. The second-order valence-corrected chi connectivity index (χ2v) is 5.47. The maximum atomic E-state index is 8.82. The van der Waals surface area contributed by atoms with Crippen molar-refractivity contribution in [2.24, 2.45) is 5.92 Å². The van der Waals surface area contributed by atoms with Gasteiger partial charge in [0.25, 0.3) is 0 Å². The van der Waals surface area contributed by atoms with E-state index >= 15 is 0 Å². The first-order chi connectivity index (χ1) is 8.93. The lowest BCUT2D eigenvalue weighted by Crippen LogP contribution is -2.19. The smallest absolute Gasteiger partial charge is 0.181 e. The lowest BCUT2D eigenvalue weighted by Gasteiger charge is -2.16. The first-order valence-corrected chi connectivity index (χ1v) is 6.81. The minimum absolute atomic E-state index is 0.415. The summed E-state index contributed by atoms with van der Waals surface area (Å²) in [4.78, 5) is 0. The van der Waals surface area contributed by atoms with E-state index in [1.54, 1.807) is 6.92 Å². The summed E-state index contributed by atoms with van der Waals surface area (Å²) < 4.78 is 5.64. The van der Waals surface area contributed by atoms with Gasteiger partial charge in [0, 0.05) is 6.54 Å². The third-order valence-corrected chi connectivity index (χ3v) is 2.88. The topological polar surface area (TPSA) is 45.0 Å². The van der Waals surface area contributed by atoms with Crippen LogP contribution in [0.15, 0.2) is 12.1 Å². The number of hydrogen-bond acceptors (Lipinski definition) is 3. The summed E-state index contributed by atoms with van der Waals surface area (Å²) in [5.74, 6) is 1.49. The molecule has 1 unspecified atom stereocenters. The maximum absolute atomic E-state index is 8.82. The van der Waals surface area contributed by atoms with Crippen molar-refractivity contribution in [3.63, 3.8) is 0 Å². The van der Waals surface area contributed by atoms with Gasteiger partial charge >= 0.3 is 0 Å². The molecule has 0 heterocycles. The molecule has 0 aliphatic rings. The Morgan fingerprint density at radius 1 is 1.21 bits per heavy atom. The SMILES string of the molecule is Cc1cc(CNCC(C)C)cc(C)c1OC(C)C#N. The van der Waals surface area contributed by atoms with Crippen LogP contribution >= 0.6 is 0 Å². The summed E-state index contributed by atoms with van der Waals surface area (Å²) in [6.07, 6.45) is -0.415. The van der Waals surface area contributed by atoms with Crippen LogP contribution in [0.5, 0.6) is 5.75 Å². The van der Waals surface area contributed by atoms with E-state index in [4.69, 9.17) is 10.00 Å². The predicted molar refractivity (Wildman–Crippen MR) is 78.2 cm³/mol. The Kier molecular flexibility index (Phi) is 5.85. The number of ether oxygens (including phenoxy) is 1. The molecule has 1 rings (SSSR count). The van der Waals surface area contributed by atoms with Gasteiger partial charge in [0.05, 0.1) is 0 Å². The largest absolute Gasteiger partial charge is 0.475 e. The van der Waals surface area contributed by atoms with Gasteiger partial charge in [-0.15, -0.1) is 0 Å². The molecule has 0 saturated heterocycles. The van der Waals surface area contributed by atoms with Crippen LogP contribution in [0.4, 0.5) is 0 Å². The second-order valence-electron chi connectivity index (χ2n) is 5.47. The molecular formula is C16H24N2O. The monoisotopic (exact) mass is 260 g/mol. The fourth-order valence-electron chi connectivity index (χ4n) is 2.04. The molecule has 0 saturated carbocycles. The van der Waals surface area contributed by atoms with E-state index in [1.807, 2.05) is 13.8 Å². The van der Waals surface area contributed by atoms with Crippen molar-refractivity contribution < 1.29 is 4.74 Å². The summed E-state index contributed by atoms with van der Waals surface area (Å²) >= 11 is 0. The van der Waals surface area contributed by atoms with Crippen LogP contribution in [-0.2, 0) is 6.54 Å². The highest BCUT2D eigenvalue weighted by Crippen LogP contribution is 2.25. The van der Waals surface area contributed by atoms with Crippen LogP contribution in [0.2, 0.25) is 0 Å². The Balaban J connectivity index is 2.76. The highest BCUT2D eigenvalue weighted by molar-refractivity contribution is 5.43. The fraction of sp³-hybridized carbons (Fsp3) is 0.562. The maximum Gasteiger partial charge on any atom is 0.181 e. The first kappa shape index (κ1) is 15.5. The number of nitriles is 1. The molecule has 1 aromatic carbocycles. The van der Waals surface area contributed by atoms with E-state index in [1.165, 1.54) is 5.56 Å². The Labute approximate surface area is 116 Å². The van der Waals surface area contributed by atoms with Gasteiger partial charge < -0.3 is 10.1 Å². The molecule has 104 valence electrons. The third-order valence-electron chi connectivity index (χ3n) is 2.88. The Morgan fingerprint density at radius 3 is 2.26 bits per heavy atom. The zero-order chi connectivity index (χ0) is 14.4. The van der Waals surface area contributed by atoms with Gasteiger partial charge in [-0.25, -0.2) is 0 Å². The average molecular weight is 260 g/mol. The number of benzene rings is 1. The molecule has 3 nitrogen and oxygen atoms in total. The van der Waals surface area contributed by atoms with Gasteiger partial charge in [-0.2, -0.15) is 5.26 Å². The van der Waals surface area contributed by atoms with Crippen molar-refractivity contribution in [1.82, 2.24) is 5.32 Å². The van der Waals surface area contributed by atoms with Crippen molar-refractivity contribution in [2.45, 2.75) is 47.3 Å². The first-order valence-electron chi connectivity index (χ1n) is 6.81. The number of aryl methyl sites for hydroxylation is 2. The van der Waals surface area contributed by atoms with Crippen LogP contribution < -0.4 is 10.1 Å². The summed E-state index contributed by atoms with van der Waals surface area (Å²) in [6, 6.07) is 6.34. The van der Waals surface area contributed by atoms with Crippen LogP contribution in [0.1, 0.15) is 37.5 Å². The molecule has 0 aromatic heterocycles. The van der Waals surface area contributed by atoms with Gasteiger partial charge in [0.1, 0.15) is 11.8 Å². The van der Waals surface area contributed by atoms with E-state index in [9.17, 15) is 0 Å². The van der Waals surface area contributed by atoms with E-state index in [0.717, 1.165) is 30.0 Å². The summed E-state index contributed by atoms with van der Waals surface area (Å²) in [5, 5.41) is 12.2. The van der Waals surface area contributed by atoms with Gasteiger partial charge in [-0.1, -0.05) is 26.0 Å². The molecule has 0 radical (unpaired) electrons. The minimum Gasteiger partial charge on any atom is -0.475 e. The standard InChI is InChI=1S/C16H24N2O/c1-11(2)9-18-10-15-6-12(3)16(13(4)7-15)19-14(5)8-17/h6-7,11,14,18H,9-10H2,1-5H3. The molecule has 3 heteroatoms. The molecule has 1 aromatic rings. The van der Waals surface area contributed by atoms with Crippen LogP contribution in [-0.4, -0.2) is 12.6 Å². The number of nitrogens with zero attached hydrogens (tertiary/aromatic N) is 1. The number of rotatable bonds is 6. The van der Waals surface area contributed by atoms with Gasteiger partial charge in [0.15, 0.2) is 6.10 Å². The normalized spacial score (nSPS) is 12.3. The Bertz CT molecular complexity index is 437. The average Bonchev–Trinajstić information content (AvgIpc) is 2.33. The molecule has 0 bridgehead atoms. The second kappa shape index (κ2) is 7.16. The predicted octanol–water partition coefficient (Wildman–Crippen LogP) is 3.34. The van der Waals surface area contributed by atoms with E-state index in [2.05, 4.69) is 37.4 Å². The Hall–Kier alpha value is -1.53. The summed E-state index contributed by atoms with van der Waals surface area (Å²) in [7, 11) is 0. The van der Waals surface area contributed by atoms with Crippen molar-refractivity contribution in [2.75, 3.05) is 6.54 Å². The van der Waals surface area contributed by atoms with Gasteiger partial charge in [0.2, 0.25) is 0 Å². The lowest BCUT2D eigenvalue weighted by atomic mass is 10.1. The molecule has 0 spiro atoms. The molecular weight excluding hydrogens is 236 g/mol. The zero-order valence-corrected chi connectivity index (χ0v) is 12.6. The summed E-state index contributed by atoms with van der Waals surface area (Å²) in [5.41, 5.74) is 3.43. The number of hydrogen-bond donors (Lipinski definition) is 1. The third kappa shape index (κ3) is 4.92. The van der Waals surface area contributed by atoms with Gasteiger partial charge in [-0.3, -0.25) is 0 Å². The van der Waals surface area contributed by atoms with Crippen molar-refractivity contribution in [3.05, 3.63) is 28.8 Å². The summed E-state index contributed by atoms with van der Waals surface area (Å²) in [6.45, 7) is 12.1. The molecule has 0 aliphatic carbocycles. The highest BCUT2D eigenvalue weighted by atomic mass is 16.5. The molecule has 1 atom stereocenters.